The Bertz CT molecular complexity index is 1440. The van der Waals surface area contributed by atoms with Gasteiger partial charge in [0.25, 0.3) is 0 Å². The zero-order chi connectivity index (χ0) is 28.3. The Morgan fingerprint density at radius 3 is 1.36 bits per heavy atom. The molecule has 0 radical (unpaired) electrons. The first-order valence-corrected chi connectivity index (χ1v) is 14.2. The minimum atomic E-state index is -4.09. The van der Waals surface area contributed by atoms with Crippen molar-refractivity contribution in [1.82, 2.24) is 0 Å². The van der Waals surface area contributed by atoms with Crippen molar-refractivity contribution in [3.63, 3.8) is 0 Å². The maximum atomic E-state index is 10.5. The number of aromatic nitrogens is 4. The van der Waals surface area contributed by atoms with Gasteiger partial charge in [-0.3, -0.25) is 0 Å². The highest BCUT2D eigenvalue weighted by molar-refractivity contribution is 7.85. The topological polar surface area (TPSA) is 113 Å². The molecule has 10 heteroatoms. The second-order valence-electron chi connectivity index (χ2n) is 9.24. The van der Waals surface area contributed by atoms with Crippen LogP contribution in [0.4, 0.5) is 0 Å². The van der Waals surface area contributed by atoms with Gasteiger partial charge in [0.1, 0.15) is 20.6 Å². The lowest BCUT2D eigenvalue weighted by atomic mass is 10.1. The number of rotatable bonds is 10. The molecule has 4 aromatic heterocycles. The molecule has 39 heavy (non-hydrogen) atoms. The van der Waals surface area contributed by atoms with Gasteiger partial charge < -0.3 is 14.5 Å². The molecule has 0 saturated carbocycles. The Balaban J connectivity index is 0.000000218. The van der Waals surface area contributed by atoms with E-state index < -0.39 is 16.1 Å². The van der Waals surface area contributed by atoms with Crippen LogP contribution in [0.3, 0.4) is 0 Å². The molecule has 0 saturated heterocycles. The molecular weight excluding hydrogens is 516 g/mol. The van der Waals surface area contributed by atoms with Crippen LogP contribution in [-0.2, 0) is 42.1 Å². The van der Waals surface area contributed by atoms with Crippen molar-refractivity contribution in [1.29, 1.82) is 0 Å². The van der Waals surface area contributed by atoms with Gasteiger partial charge in [-0.25, -0.2) is 26.7 Å². The van der Waals surface area contributed by atoms with Crippen molar-refractivity contribution in [2.24, 2.45) is 14.1 Å². The van der Waals surface area contributed by atoms with Crippen LogP contribution in [0.15, 0.2) is 98.1 Å². The summed E-state index contributed by atoms with van der Waals surface area (Å²) in [6.07, 6.45) is 16.8. The van der Waals surface area contributed by atoms with E-state index >= 15 is 0 Å². The third kappa shape index (κ3) is 10.7. The van der Waals surface area contributed by atoms with Crippen LogP contribution in [0.5, 0.6) is 0 Å². The van der Waals surface area contributed by atoms with E-state index in [2.05, 4.69) is 12.1 Å². The Kier molecular flexibility index (Phi) is 10.8. The summed E-state index contributed by atoms with van der Waals surface area (Å²) < 4.78 is 39.3. The van der Waals surface area contributed by atoms with Gasteiger partial charge in [-0.1, -0.05) is 0 Å². The summed E-state index contributed by atoms with van der Waals surface area (Å²) in [5.41, 5.74) is 4.53. The predicted molar refractivity (Wildman–Crippen MR) is 140 cm³/mol. The number of carbonyl (C=O) groups is 1. The van der Waals surface area contributed by atoms with Crippen LogP contribution < -0.4 is 23.4 Å². The average Bonchev–Trinajstić information content (AvgIpc) is 2.91. The van der Waals surface area contributed by atoms with E-state index in [1.165, 1.54) is 0 Å². The fourth-order valence-corrected chi connectivity index (χ4v) is 4.34. The second kappa shape index (κ2) is 14.2. The number of aliphatic carboxylic acids is 1. The first-order chi connectivity index (χ1) is 18.6. The van der Waals surface area contributed by atoms with Gasteiger partial charge >= 0.3 is 0 Å². The summed E-state index contributed by atoms with van der Waals surface area (Å²) in [6.45, 7) is 1.14. The normalized spacial score (nSPS) is 10.9. The molecule has 0 unspecified atom stereocenters. The Morgan fingerprint density at radius 1 is 0.641 bits per heavy atom. The summed E-state index contributed by atoms with van der Waals surface area (Å²) in [6, 6.07) is 16.2. The van der Waals surface area contributed by atoms with Crippen molar-refractivity contribution in [3.05, 3.63) is 98.1 Å². The minimum Gasteiger partial charge on any atom is -0.748 e. The van der Waals surface area contributed by atoms with Crippen molar-refractivity contribution in [3.8, 4) is 22.3 Å². The van der Waals surface area contributed by atoms with Crippen molar-refractivity contribution >= 4 is 16.1 Å². The maximum Gasteiger partial charge on any atom is 0.169 e. The van der Waals surface area contributed by atoms with Gasteiger partial charge in [-0.05, 0) is 28.7 Å². The summed E-state index contributed by atoms with van der Waals surface area (Å²) in [5.74, 6) is -1.31. The van der Waals surface area contributed by atoms with Crippen LogP contribution in [0.1, 0.15) is 19.3 Å². The first-order valence-electron chi connectivity index (χ1n) is 12.6. The van der Waals surface area contributed by atoms with E-state index in [9.17, 15) is 22.9 Å². The number of hydrogen-bond donors (Lipinski definition) is 0. The van der Waals surface area contributed by atoms with Crippen LogP contribution in [0.25, 0.3) is 22.3 Å². The van der Waals surface area contributed by atoms with Crippen LogP contribution in [-0.4, -0.2) is 24.7 Å². The van der Waals surface area contributed by atoms with Crippen LogP contribution >= 0.6 is 0 Å². The third-order valence-corrected chi connectivity index (χ3v) is 6.83. The smallest absolute Gasteiger partial charge is 0.169 e. The fourth-order valence-electron chi connectivity index (χ4n) is 3.78. The van der Waals surface area contributed by atoms with E-state index in [0.717, 1.165) is 22.3 Å². The number of pyridine rings is 4. The van der Waals surface area contributed by atoms with E-state index in [0.29, 0.717) is 25.9 Å². The van der Waals surface area contributed by atoms with Crippen molar-refractivity contribution in [2.45, 2.75) is 32.4 Å². The predicted octanol–water partition coefficient (Wildman–Crippen LogP) is 0.397. The highest BCUT2D eigenvalue weighted by Gasteiger charge is 2.06. The summed E-state index contributed by atoms with van der Waals surface area (Å²) >= 11 is 0. The zero-order valence-corrected chi connectivity index (χ0v) is 23.0. The van der Waals surface area contributed by atoms with E-state index in [-0.39, 0.29) is 12.2 Å². The molecule has 4 aromatic rings. The molecule has 0 bridgehead atoms. The molecular formula is C29H34N4O5S+2. The molecule has 0 aliphatic carbocycles. The van der Waals surface area contributed by atoms with Gasteiger partial charge in [-0.2, -0.15) is 0 Å². The fraction of sp³-hybridized carbons (Fsp3) is 0.276. The monoisotopic (exact) mass is 550 g/mol. The van der Waals surface area contributed by atoms with Gasteiger partial charge in [-0.15, -0.1) is 0 Å². The molecule has 0 aliphatic rings. The highest BCUT2D eigenvalue weighted by atomic mass is 32.2. The molecule has 4 rings (SSSR count). The zero-order valence-electron chi connectivity index (χ0n) is 22.2. The van der Waals surface area contributed by atoms with Gasteiger partial charge in [0.05, 0.1) is 10.1 Å². The second-order valence-corrected chi connectivity index (χ2v) is 10.8. The standard InChI is InChI=1S/C15H19N2O3S.C14H15N2O2/c1-16-9-4-14(5-10-16)15-6-11-17(12-7-15)8-2-3-13-21(18,19)20;1-15-7-2-12(3-8-15)13-4-9-16(10-5-13)11-6-14(17)18/h4-7,9-12H,2-3,8,13H2,1H3;2-5,7-10H,6,11H2,1H3/q2*+1. The van der Waals surface area contributed by atoms with Gasteiger partial charge in [0.15, 0.2) is 56.1 Å². The number of carboxylic acids is 1. The van der Waals surface area contributed by atoms with Gasteiger partial charge in [0, 0.05) is 73.1 Å². The molecule has 0 atom stereocenters. The Hall–Kier alpha value is -4.02. The van der Waals surface area contributed by atoms with Crippen LogP contribution in [0, 0.1) is 0 Å². The quantitative estimate of drug-likeness (QED) is 0.161. The average molecular weight is 551 g/mol. The van der Waals surface area contributed by atoms with Crippen molar-refractivity contribution < 1.29 is 41.1 Å². The SMILES string of the molecule is C[n+]1ccc(-c2cc[n+](CCC(=O)[O-])cc2)cc1.C[n+]1ccc(-c2cc[n+](CCCCS(=O)(=O)[O-])cc2)cc1. The Morgan fingerprint density at radius 2 is 1.00 bits per heavy atom. The number of nitrogens with zero attached hydrogens (tertiary/aromatic N) is 4. The largest absolute Gasteiger partial charge is 0.748 e. The highest BCUT2D eigenvalue weighted by Crippen LogP contribution is 2.16. The lowest BCUT2D eigenvalue weighted by Crippen LogP contribution is -2.36. The number of hydrogen-bond acceptors (Lipinski definition) is 5. The summed E-state index contributed by atoms with van der Waals surface area (Å²) in [4.78, 5) is 10.4. The number of carboxylic acid groups (broad SMARTS) is 1. The number of unbranched alkanes of at least 4 members (excludes halogenated alkanes) is 1. The number of aryl methyl sites for hydroxylation is 4. The molecule has 0 fully saturated rings. The summed E-state index contributed by atoms with van der Waals surface area (Å²) in [7, 11) is -0.134. The maximum absolute atomic E-state index is 10.5. The van der Waals surface area contributed by atoms with Gasteiger partial charge in [0.2, 0.25) is 0 Å². The van der Waals surface area contributed by atoms with E-state index in [4.69, 9.17) is 0 Å². The van der Waals surface area contributed by atoms with Crippen LogP contribution in [0.2, 0.25) is 0 Å². The molecule has 0 aliphatic heterocycles. The molecule has 0 spiro atoms. The Labute approximate surface area is 229 Å². The molecule has 0 N–H and O–H groups in total. The lowest BCUT2D eigenvalue weighted by molar-refractivity contribution is -0.697. The van der Waals surface area contributed by atoms with E-state index in [1.807, 2.05) is 118 Å². The lowest BCUT2D eigenvalue weighted by Gasteiger charge is -2.04. The first kappa shape index (κ1) is 29.5. The number of carbonyl (C=O) groups excluding carboxylic acids is 1. The minimum absolute atomic E-state index is 0.0329. The summed E-state index contributed by atoms with van der Waals surface area (Å²) in [5, 5.41) is 10.4. The molecule has 0 amide bonds. The van der Waals surface area contributed by atoms with Crippen molar-refractivity contribution in [2.75, 3.05) is 5.75 Å². The third-order valence-electron chi connectivity index (χ3n) is 6.04. The molecule has 0 aromatic carbocycles. The molecule has 4 heterocycles. The molecule has 204 valence electrons. The molecule has 9 nitrogen and oxygen atoms in total. The van der Waals surface area contributed by atoms with E-state index in [1.54, 1.807) is 0 Å².